The van der Waals surface area contributed by atoms with E-state index in [9.17, 15) is 34.2 Å². The van der Waals surface area contributed by atoms with Gasteiger partial charge in [0, 0.05) is 18.9 Å². The SMILES string of the molecule is O=C1CCC(N2C(=O)c3cccc(CNC(=O)C4CC5CC4C(O)C5O)c3C2=O)C(=O)N1. The normalized spacial score (nSPS) is 33.5. The Labute approximate surface area is 183 Å². The van der Waals surface area contributed by atoms with Crippen LogP contribution in [0.15, 0.2) is 18.2 Å². The van der Waals surface area contributed by atoms with Crippen molar-refractivity contribution in [1.29, 1.82) is 0 Å². The zero-order chi connectivity index (χ0) is 22.7. The quantitative estimate of drug-likeness (QED) is 0.441. The minimum Gasteiger partial charge on any atom is -0.390 e. The standard InChI is InChI=1S/C22H23N3O7/c26-15-5-4-14(20(30)24-15)25-21(31)11-3-1-2-9(16(11)22(25)32)8-23-19(29)13-7-10-6-12(13)18(28)17(10)27/h1-3,10,12-14,17-18,27-28H,4-8H2,(H,23,29)(H,24,26,30). The lowest BCUT2D eigenvalue weighted by Gasteiger charge is -2.29. The number of nitrogens with one attached hydrogen (secondary N) is 2. The average Bonchev–Trinajstić information content (AvgIpc) is 3.40. The molecular formula is C22H23N3O7. The fourth-order valence-corrected chi connectivity index (χ4v) is 5.65. The molecule has 3 fully saturated rings. The second kappa shape index (κ2) is 7.49. The smallest absolute Gasteiger partial charge is 0.262 e. The van der Waals surface area contributed by atoms with Crippen molar-refractivity contribution in [2.24, 2.45) is 17.8 Å². The van der Waals surface area contributed by atoms with E-state index in [0.717, 1.165) is 4.90 Å². The third-order valence-corrected chi connectivity index (χ3v) is 7.26. The highest BCUT2D eigenvalue weighted by molar-refractivity contribution is 6.24. The minimum atomic E-state index is -1.05. The van der Waals surface area contributed by atoms with Gasteiger partial charge in [-0.15, -0.1) is 0 Å². The Bertz CT molecular complexity index is 1050. The lowest BCUT2D eigenvalue weighted by molar-refractivity contribution is -0.136. The molecule has 2 saturated carbocycles. The fourth-order valence-electron chi connectivity index (χ4n) is 5.65. The molecule has 168 valence electrons. The number of hydrogen-bond acceptors (Lipinski definition) is 7. The highest BCUT2D eigenvalue weighted by Gasteiger charge is 2.54. The Balaban J connectivity index is 1.32. The number of aliphatic hydroxyl groups excluding tert-OH is 2. The number of amides is 5. The Morgan fingerprint density at radius 3 is 2.56 bits per heavy atom. The topological polar surface area (TPSA) is 153 Å². The molecule has 32 heavy (non-hydrogen) atoms. The summed E-state index contributed by atoms with van der Waals surface area (Å²) in [6.07, 6.45) is -0.482. The number of aliphatic hydroxyl groups is 2. The summed E-state index contributed by atoms with van der Waals surface area (Å²) in [6.45, 7) is 0.0107. The summed E-state index contributed by atoms with van der Waals surface area (Å²) in [5.74, 6) is -3.39. The average molecular weight is 441 g/mol. The molecule has 2 heterocycles. The van der Waals surface area contributed by atoms with Crippen molar-refractivity contribution in [1.82, 2.24) is 15.5 Å². The zero-order valence-electron chi connectivity index (χ0n) is 17.1. The van der Waals surface area contributed by atoms with E-state index in [1.165, 1.54) is 6.07 Å². The van der Waals surface area contributed by atoms with Gasteiger partial charge < -0.3 is 15.5 Å². The summed E-state index contributed by atoms with van der Waals surface area (Å²) in [5, 5.41) is 25.0. The van der Waals surface area contributed by atoms with Crippen molar-refractivity contribution < 1.29 is 34.2 Å². The van der Waals surface area contributed by atoms with Gasteiger partial charge in [0.25, 0.3) is 11.8 Å². The van der Waals surface area contributed by atoms with Crippen molar-refractivity contribution >= 4 is 29.5 Å². The first-order valence-electron chi connectivity index (χ1n) is 10.7. The van der Waals surface area contributed by atoms with Crippen molar-refractivity contribution in [3.63, 3.8) is 0 Å². The summed E-state index contributed by atoms with van der Waals surface area (Å²) in [4.78, 5) is 63.3. The van der Waals surface area contributed by atoms with Crippen LogP contribution in [0.5, 0.6) is 0 Å². The first kappa shape index (κ1) is 20.8. The molecule has 1 aromatic rings. The number of fused-ring (bicyclic) bond motifs is 3. The summed E-state index contributed by atoms with van der Waals surface area (Å²) in [6, 6.07) is 3.69. The monoisotopic (exact) mass is 441 g/mol. The molecule has 2 bridgehead atoms. The van der Waals surface area contributed by atoms with Gasteiger partial charge in [-0.2, -0.15) is 0 Å². The molecule has 2 aliphatic heterocycles. The van der Waals surface area contributed by atoms with Crippen LogP contribution in [0.25, 0.3) is 0 Å². The molecule has 0 aromatic heterocycles. The second-order valence-electron chi connectivity index (χ2n) is 8.99. The highest BCUT2D eigenvalue weighted by atomic mass is 16.3. The molecule has 10 heteroatoms. The third-order valence-electron chi connectivity index (χ3n) is 7.26. The molecule has 1 aromatic carbocycles. The van der Waals surface area contributed by atoms with Gasteiger partial charge in [0.15, 0.2) is 0 Å². The van der Waals surface area contributed by atoms with Crippen molar-refractivity contribution in [3.8, 4) is 0 Å². The van der Waals surface area contributed by atoms with E-state index in [4.69, 9.17) is 0 Å². The number of nitrogens with zero attached hydrogens (tertiary/aromatic N) is 1. The molecule has 6 atom stereocenters. The molecule has 0 radical (unpaired) electrons. The Morgan fingerprint density at radius 1 is 1.09 bits per heavy atom. The number of hydrogen-bond donors (Lipinski definition) is 4. The van der Waals surface area contributed by atoms with Gasteiger partial charge in [0.05, 0.1) is 23.3 Å². The van der Waals surface area contributed by atoms with E-state index in [1.807, 2.05) is 0 Å². The van der Waals surface area contributed by atoms with Gasteiger partial charge in [0.2, 0.25) is 17.7 Å². The van der Waals surface area contributed by atoms with Crippen LogP contribution in [-0.2, 0) is 20.9 Å². The maximum absolute atomic E-state index is 13.1. The Kier molecular flexibility index (Phi) is 4.86. The van der Waals surface area contributed by atoms with E-state index in [2.05, 4.69) is 10.6 Å². The zero-order valence-corrected chi connectivity index (χ0v) is 17.1. The number of benzene rings is 1. The number of carbonyl (C=O) groups is 5. The van der Waals surface area contributed by atoms with E-state index >= 15 is 0 Å². The van der Waals surface area contributed by atoms with Crippen LogP contribution in [0.1, 0.15) is 52.0 Å². The summed E-state index contributed by atoms with van der Waals surface area (Å²) in [7, 11) is 0. The van der Waals surface area contributed by atoms with Crippen LogP contribution in [0.3, 0.4) is 0 Å². The van der Waals surface area contributed by atoms with Crippen molar-refractivity contribution in [2.45, 2.75) is 50.5 Å². The summed E-state index contributed by atoms with van der Waals surface area (Å²) >= 11 is 0. The van der Waals surface area contributed by atoms with Gasteiger partial charge in [-0.1, -0.05) is 12.1 Å². The van der Waals surface area contributed by atoms with Gasteiger partial charge in [-0.25, -0.2) is 0 Å². The van der Waals surface area contributed by atoms with Gasteiger partial charge >= 0.3 is 0 Å². The van der Waals surface area contributed by atoms with Crippen molar-refractivity contribution in [2.75, 3.05) is 0 Å². The van der Waals surface area contributed by atoms with Crippen LogP contribution < -0.4 is 10.6 Å². The molecule has 5 amide bonds. The molecule has 4 aliphatic rings. The molecule has 2 aliphatic carbocycles. The Hall–Kier alpha value is -3.11. The molecule has 6 unspecified atom stereocenters. The number of carbonyl (C=O) groups excluding carboxylic acids is 5. The van der Waals surface area contributed by atoms with E-state index in [1.54, 1.807) is 12.1 Å². The van der Waals surface area contributed by atoms with E-state index in [0.29, 0.717) is 18.4 Å². The molecule has 10 nitrogen and oxygen atoms in total. The molecular weight excluding hydrogens is 418 g/mol. The third kappa shape index (κ3) is 3.05. The van der Waals surface area contributed by atoms with Crippen LogP contribution in [0, 0.1) is 17.8 Å². The first-order valence-corrected chi connectivity index (χ1v) is 10.7. The van der Waals surface area contributed by atoms with E-state index in [-0.39, 0.29) is 48.3 Å². The molecule has 0 spiro atoms. The van der Waals surface area contributed by atoms with Crippen LogP contribution in [0.2, 0.25) is 0 Å². The fraction of sp³-hybridized carbons (Fsp3) is 0.500. The molecule has 4 N–H and O–H groups in total. The molecule has 1 saturated heterocycles. The Morgan fingerprint density at radius 2 is 1.88 bits per heavy atom. The highest BCUT2D eigenvalue weighted by Crippen LogP contribution is 2.48. The van der Waals surface area contributed by atoms with Gasteiger partial charge in [0.1, 0.15) is 6.04 Å². The van der Waals surface area contributed by atoms with Crippen LogP contribution >= 0.6 is 0 Å². The summed E-state index contributed by atoms with van der Waals surface area (Å²) < 4.78 is 0. The number of imide groups is 2. The van der Waals surface area contributed by atoms with Crippen molar-refractivity contribution in [3.05, 3.63) is 34.9 Å². The minimum absolute atomic E-state index is 0.0107. The lowest BCUT2D eigenvalue weighted by atomic mass is 9.84. The molecule has 5 rings (SSSR count). The predicted octanol–water partition coefficient (Wildman–Crippen LogP) is -0.918. The van der Waals surface area contributed by atoms with Crippen LogP contribution in [-0.4, -0.2) is 62.9 Å². The maximum atomic E-state index is 13.1. The van der Waals surface area contributed by atoms with Gasteiger partial charge in [-0.3, -0.25) is 34.2 Å². The second-order valence-corrected chi connectivity index (χ2v) is 8.99. The van der Waals surface area contributed by atoms with Gasteiger partial charge in [-0.05, 0) is 42.7 Å². The lowest BCUT2D eigenvalue weighted by Crippen LogP contribution is -2.54. The first-order chi connectivity index (χ1) is 15.3. The summed E-state index contributed by atoms with van der Waals surface area (Å²) in [5.41, 5.74) is 0.753. The largest absolute Gasteiger partial charge is 0.390 e. The number of piperidine rings is 1. The van der Waals surface area contributed by atoms with E-state index < -0.39 is 47.8 Å². The number of rotatable bonds is 4. The maximum Gasteiger partial charge on any atom is 0.262 e. The van der Waals surface area contributed by atoms with Crippen LogP contribution in [0.4, 0.5) is 0 Å². The predicted molar refractivity (Wildman–Crippen MR) is 107 cm³/mol.